The van der Waals surface area contributed by atoms with Gasteiger partial charge in [-0.1, -0.05) is 36.4 Å². The first-order chi connectivity index (χ1) is 15.7. The summed E-state index contributed by atoms with van der Waals surface area (Å²) in [6.45, 7) is 4.75. The molecule has 5 rings (SSSR count). The second-order valence-electron chi connectivity index (χ2n) is 8.82. The molecule has 0 saturated carbocycles. The van der Waals surface area contributed by atoms with E-state index in [9.17, 15) is 4.39 Å². The molecule has 32 heavy (non-hydrogen) atoms. The molecular formula is C26H30FN5. The van der Waals surface area contributed by atoms with Crippen molar-refractivity contribution >= 4 is 5.82 Å². The van der Waals surface area contributed by atoms with E-state index in [2.05, 4.69) is 39.8 Å². The molecule has 2 aromatic carbocycles. The maximum Gasteiger partial charge on any atom is 0.135 e. The molecule has 5 nitrogen and oxygen atoms in total. The Morgan fingerprint density at radius 2 is 2.00 bits per heavy atom. The van der Waals surface area contributed by atoms with Gasteiger partial charge in [-0.15, -0.1) is 0 Å². The van der Waals surface area contributed by atoms with E-state index in [1.54, 1.807) is 12.1 Å². The van der Waals surface area contributed by atoms with E-state index in [-0.39, 0.29) is 5.82 Å². The third-order valence-electron chi connectivity index (χ3n) is 6.58. The number of fused-ring (bicyclic) bond motifs is 1. The van der Waals surface area contributed by atoms with E-state index in [1.165, 1.54) is 23.6 Å². The van der Waals surface area contributed by atoms with E-state index < -0.39 is 0 Å². The Hall–Kier alpha value is -2.83. The first kappa shape index (κ1) is 21.0. The third-order valence-corrected chi connectivity index (χ3v) is 6.58. The molecule has 0 bridgehead atoms. The van der Waals surface area contributed by atoms with Crippen molar-refractivity contribution in [3.63, 3.8) is 0 Å². The van der Waals surface area contributed by atoms with Crippen molar-refractivity contribution in [3.05, 3.63) is 77.0 Å². The molecule has 1 saturated heterocycles. The Labute approximate surface area is 189 Å². The van der Waals surface area contributed by atoms with Gasteiger partial charge in [0.25, 0.3) is 0 Å². The number of piperidine rings is 1. The Morgan fingerprint density at radius 1 is 1.12 bits per heavy atom. The minimum absolute atomic E-state index is 0.204. The fourth-order valence-corrected chi connectivity index (χ4v) is 4.83. The smallest absolute Gasteiger partial charge is 0.135 e. The lowest BCUT2D eigenvalue weighted by molar-refractivity contribution is 0.240. The quantitative estimate of drug-likeness (QED) is 0.629. The van der Waals surface area contributed by atoms with Crippen LogP contribution in [0.15, 0.2) is 48.5 Å². The monoisotopic (exact) mass is 431 g/mol. The summed E-state index contributed by atoms with van der Waals surface area (Å²) in [4.78, 5) is 12.4. The van der Waals surface area contributed by atoms with Crippen molar-refractivity contribution in [2.75, 3.05) is 32.0 Å². The SMILES string of the molecule is CNc1nc(C2CCCNC2)nc2c1CCN(Cc1ccc(-c3cccc(F)c3)cc1)C2. The highest BCUT2D eigenvalue weighted by Crippen LogP contribution is 2.29. The molecular weight excluding hydrogens is 401 g/mol. The second kappa shape index (κ2) is 9.35. The van der Waals surface area contributed by atoms with Gasteiger partial charge in [0.15, 0.2) is 0 Å². The van der Waals surface area contributed by atoms with Crippen molar-refractivity contribution < 1.29 is 4.39 Å². The fraction of sp³-hybridized carbons (Fsp3) is 0.385. The number of nitrogens with one attached hydrogen (secondary N) is 2. The predicted octanol–water partition coefficient (Wildman–Crippen LogP) is 4.35. The number of halogens is 1. The zero-order chi connectivity index (χ0) is 21.9. The molecule has 1 unspecified atom stereocenters. The normalized spacial score (nSPS) is 18.9. The average molecular weight is 432 g/mol. The molecule has 3 aromatic rings. The second-order valence-corrected chi connectivity index (χ2v) is 8.82. The zero-order valence-electron chi connectivity index (χ0n) is 18.6. The minimum atomic E-state index is -0.204. The van der Waals surface area contributed by atoms with Crippen molar-refractivity contribution in [2.45, 2.75) is 38.3 Å². The number of benzene rings is 2. The number of anilines is 1. The van der Waals surface area contributed by atoms with Crippen molar-refractivity contribution in [1.29, 1.82) is 0 Å². The van der Waals surface area contributed by atoms with E-state index in [0.717, 1.165) is 74.0 Å². The first-order valence-corrected chi connectivity index (χ1v) is 11.5. The molecule has 1 aromatic heterocycles. The number of nitrogens with zero attached hydrogens (tertiary/aromatic N) is 3. The Morgan fingerprint density at radius 3 is 2.75 bits per heavy atom. The van der Waals surface area contributed by atoms with Gasteiger partial charge in [-0.05, 0) is 54.6 Å². The van der Waals surface area contributed by atoms with Gasteiger partial charge in [-0.3, -0.25) is 4.90 Å². The molecule has 2 aliphatic rings. The lowest BCUT2D eigenvalue weighted by Crippen LogP contribution is -2.33. The summed E-state index contributed by atoms with van der Waals surface area (Å²) in [5, 5.41) is 6.79. The Balaban J connectivity index is 1.31. The molecule has 6 heteroatoms. The summed E-state index contributed by atoms with van der Waals surface area (Å²) in [6.07, 6.45) is 3.28. The maximum atomic E-state index is 13.5. The lowest BCUT2D eigenvalue weighted by Gasteiger charge is -2.30. The average Bonchev–Trinajstić information content (AvgIpc) is 2.84. The van der Waals surface area contributed by atoms with Crippen LogP contribution >= 0.6 is 0 Å². The van der Waals surface area contributed by atoms with E-state index in [1.807, 2.05) is 13.1 Å². The van der Waals surface area contributed by atoms with E-state index in [0.29, 0.717) is 5.92 Å². The predicted molar refractivity (Wildman–Crippen MR) is 126 cm³/mol. The topological polar surface area (TPSA) is 53.1 Å². The van der Waals surface area contributed by atoms with Crippen LogP contribution in [-0.2, 0) is 19.5 Å². The van der Waals surface area contributed by atoms with Crippen LogP contribution in [0.1, 0.15) is 41.4 Å². The molecule has 0 radical (unpaired) electrons. The van der Waals surface area contributed by atoms with Crippen LogP contribution in [-0.4, -0.2) is 41.5 Å². The summed E-state index contributed by atoms with van der Waals surface area (Å²) in [6, 6.07) is 15.2. The van der Waals surface area contributed by atoms with Crippen LogP contribution in [0, 0.1) is 5.82 Å². The number of hydrogen-bond acceptors (Lipinski definition) is 5. The van der Waals surface area contributed by atoms with Gasteiger partial charge in [0.2, 0.25) is 0 Å². The van der Waals surface area contributed by atoms with Crippen molar-refractivity contribution in [3.8, 4) is 11.1 Å². The van der Waals surface area contributed by atoms with E-state index in [4.69, 9.17) is 9.97 Å². The number of hydrogen-bond donors (Lipinski definition) is 2. The van der Waals surface area contributed by atoms with Crippen LogP contribution in [0.25, 0.3) is 11.1 Å². The van der Waals surface area contributed by atoms with Crippen molar-refractivity contribution in [2.24, 2.45) is 0 Å². The molecule has 0 aliphatic carbocycles. The maximum absolute atomic E-state index is 13.5. The van der Waals surface area contributed by atoms with Crippen molar-refractivity contribution in [1.82, 2.24) is 20.2 Å². The lowest BCUT2D eigenvalue weighted by atomic mass is 9.97. The summed E-state index contributed by atoms with van der Waals surface area (Å²) >= 11 is 0. The summed E-state index contributed by atoms with van der Waals surface area (Å²) in [5.41, 5.74) is 5.62. The highest BCUT2D eigenvalue weighted by Gasteiger charge is 2.25. The number of rotatable bonds is 5. The molecule has 0 amide bonds. The van der Waals surface area contributed by atoms with Crippen LogP contribution in [0.3, 0.4) is 0 Å². The van der Waals surface area contributed by atoms with Crippen LogP contribution in [0.2, 0.25) is 0 Å². The standard InChI is InChI=1S/C26H30FN5/c1-28-26-23-11-13-32(17-24(23)30-25(31-26)21-5-3-12-29-15-21)16-18-7-9-19(10-8-18)20-4-2-6-22(27)14-20/h2,4,6-10,14,21,29H,3,5,11-13,15-17H2,1H3,(H,28,30,31). The highest BCUT2D eigenvalue weighted by molar-refractivity contribution is 5.63. The summed E-state index contributed by atoms with van der Waals surface area (Å²) < 4.78 is 13.5. The molecule has 0 spiro atoms. The van der Waals surface area contributed by atoms with Gasteiger partial charge in [-0.2, -0.15) is 0 Å². The van der Waals surface area contributed by atoms with Gasteiger partial charge in [0, 0.05) is 44.7 Å². The highest BCUT2D eigenvalue weighted by atomic mass is 19.1. The van der Waals surface area contributed by atoms with Crippen LogP contribution in [0.5, 0.6) is 0 Å². The summed E-state index contributed by atoms with van der Waals surface area (Å²) in [7, 11) is 1.96. The first-order valence-electron chi connectivity index (χ1n) is 11.5. The Bertz CT molecular complexity index is 1080. The largest absolute Gasteiger partial charge is 0.373 e. The van der Waals surface area contributed by atoms with Crippen LogP contribution in [0.4, 0.5) is 10.2 Å². The molecule has 1 fully saturated rings. The van der Waals surface area contributed by atoms with Gasteiger partial charge in [0.1, 0.15) is 17.5 Å². The van der Waals surface area contributed by atoms with Gasteiger partial charge in [-0.25, -0.2) is 14.4 Å². The Kier molecular flexibility index (Phi) is 6.14. The minimum Gasteiger partial charge on any atom is -0.373 e. The number of aromatic nitrogens is 2. The van der Waals surface area contributed by atoms with Gasteiger partial charge >= 0.3 is 0 Å². The molecule has 2 aliphatic heterocycles. The van der Waals surface area contributed by atoms with Crippen LogP contribution < -0.4 is 10.6 Å². The fourth-order valence-electron chi connectivity index (χ4n) is 4.83. The molecule has 3 heterocycles. The van der Waals surface area contributed by atoms with Gasteiger partial charge < -0.3 is 10.6 Å². The molecule has 1 atom stereocenters. The third kappa shape index (κ3) is 4.52. The zero-order valence-corrected chi connectivity index (χ0v) is 18.6. The summed E-state index contributed by atoms with van der Waals surface area (Å²) in [5.74, 6) is 2.16. The molecule has 166 valence electrons. The molecule has 2 N–H and O–H groups in total. The van der Waals surface area contributed by atoms with E-state index >= 15 is 0 Å². The van der Waals surface area contributed by atoms with Gasteiger partial charge in [0.05, 0.1) is 5.69 Å².